The van der Waals surface area contributed by atoms with Crippen LogP contribution in [0, 0.1) is 35.5 Å². The monoisotopic (exact) mass is 844 g/mol. The summed E-state index contributed by atoms with van der Waals surface area (Å²) < 4.78 is 19.3. The van der Waals surface area contributed by atoms with Crippen LogP contribution in [0.5, 0.6) is 0 Å². The Morgan fingerprint density at radius 2 is 0.919 bits per heavy atom. The summed E-state index contributed by atoms with van der Waals surface area (Å²) >= 11 is 0. The second-order valence-electron chi connectivity index (χ2n) is 17.6. The molecule has 3 aromatic carbocycles. The summed E-state index contributed by atoms with van der Waals surface area (Å²) in [5.41, 5.74) is 4.95. The number of carbonyl (C=O) groups is 3. The molecule has 6 aromatic rings. The highest BCUT2D eigenvalue weighted by atomic mass is 16.4. The lowest BCUT2D eigenvalue weighted by atomic mass is 9.87. The number of carboxylic acid groups (broad SMARTS) is 3. The zero-order chi connectivity index (χ0) is 42.7. The van der Waals surface area contributed by atoms with Gasteiger partial charge in [0.1, 0.15) is 34.0 Å². The first-order valence-electron chi connectivity index (χ1n) is 22.3. The number of aryl methyl sites for hydroxylation is 3. The standard InChI is InChI=1S/C49H56N4O9/c54-47(55)36(29-16-19-50-25-29)13-10-33-22-39-32(4-1-7-44(39)60-33)28-53(42-5-2-8-45-40(42)23-34(61-45)11-14-37(48(56)57)30-17-20-51-26-30)43-6-3-9-46-41(43)24-35(62-46)12-15-38(49(58)59)31-18-21-52-27-31/h1-9,22-24,29-31,36-38,50-52H,10-21,25-28H2,(H,54,55)(H,56,57)(H,58,59). The third-order valence-electron chi connectivity index (χ3n) is 13.9. The lowest BCUT2D eigenvalue weighted by Crippen LogP contribution is -2.26. The molecule has 3 aliphatic heterocycles. The zero-order valence-corrected chi connectivity index (χ0v) is 34.9. The number of nitrogens with zero attached hydrogens (tertiary/aromatic N) is 1. The Bertz CT molecular complexity index is 2420. The number of benzene rings is 3. The molecule has 3 saturated heterocycles. The molecule has 13 heteroatoms. The van der Waals surface area contributed by atoms with Gasteiger partial charge in [0, 0.05) is 42.0 Å². The average Bonchev–Trinajstić information content (AvgIpc) is 4.11. The molecule has 6 heterocycles. The molecule has 0 radical (unpaired) electrons. The van der Waals surface area contributed by atoms with Gasteiger partial charge in [-0.25, -0.2) is 0 Å². The van der Waals surface area contributed by atoms with E-state index in [1.807, 2.05) is 48.5 Å². The van der Waals surface area contributed by atoms with E-state index in [1.165, 1.54) is 0 Å². The summed E-state index contributed by atoms with van der Waals surface area (Å²) in [5.74, 6) is -1.18. The van der Waals surface area contributed by atoms with Gasteiger partial charge in [0.05, 0.1) is 29.1 Å². The smallest absolute Gasteiger partial charge is 0.306 e. The van der Waals surface area contributed by atoms with Crippen molar-refractivity contribution in [2.75, 3.05) is 44.2 Å². The van der Waals surface area contributed by atoms with Gasteiger partial charge in [0.25, 0.3) is 0 Å². The Labute approximate surface area is 359 Å². The Balaban J connectivity index is 1.06. The normalized spacial score (nSPS) is 20.6. The van der Waals surface area contributed by atoms with E-state index in [9.17, 15) is 29.7 Å². The largest absolute Gasteiger partial charge is 0.481 e. The van der Waals surface area contributed by atoms with Gasteiger partial charge in [-0.15, -0.1) is 0 Å². The quantitative estimate of drug-likeness (QED) is 0.0461. The van der Waals surface area contributed by atoms with Crippen LogP contribution in [0.2, 0.25) is 0 Å². The summed E-state index contributed by atoms with van der Waals surface area (Å²) in [6, 6.07) is 24.2. The van der Waals surface area contributed by atoms with Crippen LogP contribution in [0.25, 0.3) is 32.9 Å². The molecule has 3 fully saturated rings. The lowest BCUT2D eigenvalue weighted by Gasteiger charge is -2.27. The van der Waals surface area contributed by atoms with Crippen molar-refractivity contribution in [1.29, 1.82) is 0 Å². The number of nitrogens with one attached hydrogen (secondary N) is 3. The van der Waals surface area contributed by atoms with Gasteiger partial charge >= 0.3 is 17.9 Å². The van der Waals surface area contributed by atoms with Gasteiger partial charge in [-0.2, -0.15) is 0 Å². The van der Waals surface area contributed by atoms with Gasteiger partial charge in [0.2, 0.25) is 0 Å². The van der Waals surface area contributed by atoms with E-state index in [1.54, 1.807) is 0 Å². The van der Waals surface area contributed by atoms with E-state index < -0.39 is 35.7 Å². The van der Waals surface area contributed by atoms with Crippen molar-refractivity contribution in [3.63, 3.8) is 0 Å². The Morgan fingerprint density at radius 1 is 0.548 bits per heavy atom. The molecule has 3 aromatic heterocycles. The minimum absolute atomic E-state index is 0.0901. The van der Waals surface area contributed by atoms with Gasteiger partial charge in [-0.1, -0.05) is 24.3 Å². The number of anilines is 2. The molecule has 62 heavy (non-hydrogen) atoms. The summed E-state index contributed by atoms with van der Waals surface area (Å²) in [6.45, 7) is 5.08. The van der Waals surface area contributed by atoms with E-state index in [2.05, 4.69) is 45.1 Å². The fourth-order valence-electron chi connectivity index (χ4n) is 10.5. The van der Waals surface area contributed by atoms with E-state index in [0.29, 0.717) is 69.3 Å². The van der Waals surface area contributed by atoms with Crippen LogP contribution in [0.1, 0.15) is 61.4 Å². The average molecular weight is 845 g/mol. The fourth-order valence-corrected chi connectivity index (χ4v) is 10.5. The van der Waals surface area contributed by atoms with Gasteiger partial charge in [0.15, 0.2) is 0 Å². The molecule has 6 atom stereocenters. The summed E-state index contributed by atoms with van der Waals surface area (Å²) in [7, 11) is 0. The molecule has 0 spiro atoms. The number of hydrogen-bond acceptors (Lipinski definition) is 10. The number of hydrogen-bond donors (Lipinski definition) is 6. The Kier molecular flexibility index (Phi) is 12.4. The summed E-state index contributed by atoms with van der Waals surface area (Å²) in [5, 5.41) is 43.0. The Morgan fingerprint density at radius 3 is 1.29 bits per heavy atom. The maximum absolute atomic E-state index is 12.3. The Hall–Kier alpha value is -5.63. The van der Waals surface area contributed by atoms with Gasteiger partial charge < -0.3 is 49.4 Å². The van der Waals surface area contributed by atoms with Crippen molar-refractivity contribution in [3.05, 3.63) is 95.6 Å². The number of aliphatic carboxylic acids is 3. The maximum Gasteiger partial charge on any atom is 0.306 e. The molecular weight excluding hydrogens is 789 g/mol. The van der Waals surface area contributed by atoms with Crippen LogP contribution in [-0.4, -0.2) is 72.5 Å². The highest BCUT2D eigenvalue weighted by Crippen LogP contribution is 2.41. The number of furan rings is 3. The third-order valence-corrected chi connectivity index (χ3v) is 13.9. The van der Waals surface area contributed by atoms with Crippen LogP contribution in [-0.2, 0) is 40.2 Å². The molecular formula is C49H56N4O9. The lowest BCUT2D eigenvalue weighted by molar-refractivity contribution is -0.144. The second-order valence-corrected chi connectivity index (χ2v) is 17.6. The van der Waals surface area contributed by atoms with E-state index in [-0.39, 0.29) is 17.8 Å². The van der Waals surface area contributed by atoms with Crippen LogP contribution < -0.4 is 20.9 Å². The van der Waals surface area contributed by atoms with Crippen molar-refractivity contribution in [2.45, 2.75) is 64.3 Å². The third kappa shape index (κ3) is 8.84. The fraction of sp³-hybridized carbons (Fsp3) is 0.449. The van der Waals surface area contributed by atoms with Crippen molar-refractivity contribution >= 4 is 62.2 Å². The summed E-state index contributed by atoms with van der Waals surface area (Å²) in [6.07, 6.45) is 5.51. The maximum atomic E-state index is 12.3. The molecule has 13 nitrogen and oxygen atoms in total. The molecule has 0 aliphatic carbocycles. The number of carboxylic acids is 3. The van der Waals surface area contributed by atoms with Crippen molar-refractivity contribution in [1.82, 2.24) is 16.0 Å². The van der Waals surface area contributed by atoms with Crippen LogP contribution in [0.3, 0.4) is 0 Å². The molecule has 6 N–H and O–H groups in total. The molecule has 9 rings (SSSR count). The predicted octanol–water partition coefficient (Wildman–Crippen LogP) is 7.99. The first-order chi connectivity index (χ1) is 30.2. The minimum Gasteiger partial charge on any atom is -0.481 e. The number of fused-ring (bicyclic) bond motifs is 3. The topological polar surface area (TPSA) is 191 Å². The predicted molar refractivity (Wildman–Crippen MR) is 236 cm³/mol. The summed E-state index contributed by atoms with van der Waals surface area (Å²) in [4.78, 5) is 39.2. The van der Waals surface area contributed by atoms with E-state index >= 15 is 0 Å². The zero-order valence-electron chi connectivity index (χ0n) is 34.9. The second kappa shape index (κ2) is 18.4. The molecule has 0 bridgehead atoms. The minimum atomic E-state index is -0.771. The van der Waals surface area contributed by atoms with Gasteiger partial charge in [-0.05, 0) is 150 Å². The molecule has 6 unspecified atom stereocenters. The first kappa shape index (κ1) is 41.7. The van der Waals surface area contributed by atoms with E-state index in [4.69, 9.17) is 13.3 Å². The number of rotatable bonds is 19. The first-order valence-corrected chi connectivity index (χ1v) is 22.3. The highest BCUT2D eigenvalue weighted by molar-refractivity contribution is 6.00. The molecule has 0 amide bonds. The van der Waals surface area contributed by atoms with Crippen molar-refractivity contribution in [2.24, 2.45) is 35.5 Å². The molecule has 3 aliphatic rings. The van der Waals surface area contributed by atoms with Crippen LogP contribution in [0.4, 0.5) is 11.4 Å². The van der Waals surface area contributed by atoms with Gasteiger partial charge in [-0.3, -0.25) is 14.4 Å². The highest BCUT2D eigenvalue weighted by Gasteiger charge is 2.33. The SMILES string of the molecule is O=C(O)C(CCc1cc2c(CN(c3cccc4oc(CCC(C(=O)O)C5CCNC5)cc34)c3cccc4oc(CCC(C(=O)O)C5CCNC5)cc34)cccc2o1)C1CCNC1. The van der Waals surface area contributed by atoms with Crippen molar-refractivity contribution in [3.8, 4) is 0 Å². The van der Waals surface area contributed by atoms with E-state index in [0.717, 1.165) is 101 Å². The van der Waals surface area contributed by atoms with Crippen LogP contribution >= 0.6 is 0 Å². The van der Waals surface area contributed by atoms with Crippen molar-refractivity contribution < 1.29 is 43.0 Å². The molecule has 326 valence electrons. The van der Waals surface area contributed by atoms with Crippen LogP contribution in [0.15, 0.2) is 86.0 Å². The molecule has 0 saturated carbocycles.